The predicted octanol–water partition coefficient (Wildman–Crippen LogP) is 4.26. The van der Waals surface area contributed by atoms with Crippen LogP contribution in [0.2, 0.25) is 10.0 Å². The number of piperidine rings is 1. The highest BCUT2D eigenvalue weighted by Gasteiger charge is 2.53. The summed E-state index contributed by atoms with van der Waals surface area (Å²) in [5.41, 5.74) is 0.582. The second kappa shape index (κ2) is 4.91. The summed E-state index contributed by atoms with van der Waals surface area (Å²) < 4.78 is 0. The molecule has 20 heavy (non-hydrogen) atoms. The van der Waals surface area contributed by atoms with E-state index in [1.807, 2.05) is 18.2 Å². The van der Waals surface area contributed by atoms with E-state index in [1.165, 1.54) is 12.8 Å². The number of nitrogens with zero attached hydrogens (tertiary/aromatic N) is 2. The van der Waals surface area contributed by atoms with Crippen LogP contribution in [0, 0.1) is 17.2 Å². The first-order valence-electron chi connectivity index (χ1n) is 7.08. The van der Waals surface area contributed by atoms with Crippen molar-refractivity contribution in [1.82, 2.24) is 4.90 Å². The fourth-order valence-electron chi connectivity index (χ4n) is 4.14. The molecular formula is C16H18Cl2N2. The Hall–Kier alpha value is -0.750. The summed E-state index contributed by atoms with van der Waals surface area (Å²) in [6, 6.07) is 9.28. The van der Waals surface area contributed by atoms with Crippen molar-refractivity contribution in [3.8, 4) is 6.07 Å². The van der Waals surface area contributed by atoms with E-state index in [9.17, 15) is 5.26 Å². The first-order valence-corrected chi connectivity index (χ1v) is 7.84. The summed E-state index contributed by atoms with van der Waals surface area (Å²) in [6.07, 6.45) is 3.26. The molecular weight excluding hydrogens is 291 g/mol. The van der Waals surface area contributed by atoms with E-state index in [0.717, 1.165) is 12.0 Å². The molecule has 0 saturated carbocycles. The van der Waals surface area contributed by atoms with Crippen molar-refractivity contribution < 1.29 is 0 Å². The van der Waals surface area contributed by atoms with Gasteiger partial charge in [0.1, 0.15) is 0 Å². The summed E-state index contributed by atoms with van der Waals surface area (Å²) in [5.74, 6) is 0.300. The first-order chi connectivity index (χ1) is 9.49. The van der Waals surface area contributed by atoms with E-state index >= 15 is 0 Å². The van der Waals surface area contributed by atoms with Crippen molar-refractivity contribution in [2.45, 2.75) is 43.7 Å². The van der Waals surface area contributed by atoms with Crippen LogP contribution in [-0.2, 0) is 5.41 Å². The molecule has 0 radical (unpaired) electrons. The summed E-state index contributed by atoms with van der Waals surface area (Å²) >= 11 is 12.2. The standard InChI is InChI=1S/C16H18Cl2N2/c1-10-15-6-4-12(20(15)2)8-16(10,9-19)11-3-5-13(17)14(18)7-11/h3,5,7,10,12,15H,4,6,8H2,1-2H3/t10-,12?,15+,16-/m0/s1. The Morgan fingerprint density at radius 2 is 2.05 bits per heavy atom. The molecule has 2 nitrogen and oxygen atoms in total. The van der Waals surface area contributed by atoms with Crippen LogP contribution in [0.1, 0.15) is 31.7 Å². The molecule has 2 aliphatic heterocycles. The van der Waals surface area contributed by atoms with Gasteiger partial charge in [0, 0.05) is 12.1 Å². The normalized spacial score (nSPS) is 36.9. The number of halogens is 2. The van der Waals surface area contributed by atoms with Crippen LogP contribution >= 0.6 is 23.2 Å². The third-order valence-corrected chi connectivity index (χ3v) is 6.18. The van der Waals surface area contributed by atoms with Gasteiger partial charge in [0.2, 0.25) is 0 Å². The Balaban J connectivity index is 2.08. The molecule has 4 heteroatoms. The van der Waals surface area contributed by atoms with Crippen molar-refractivity contribution >= 4 is 23.2 Å². The molecule has 2 bridgehead atoms. The van der Waals surface area contributed by atoms with Crippen molar-refractivity contribution in [2.24, 2.45) is 5.92 Å². The molecule has 3 rings (SSSR count). The third-order valence-electron chi connectivity index (χ3n) is 5.44. The molecule has 2 saturated heterocycles. The van der Waals surface area contributed by atoms with Gasteiger partial charge < -0.3 is 4.90 Å². The van der Waals surface area contributed by atoms with Crippen LogP contribution in [0.15, 0.2) is 18.2 Å². The first kappa shape index (κ1) is 14.2. The number of rotatable bonds is 1. The Kier molecular flexibility index (Phi) is 3.49. The molecule has 1 unspecified atom stereocenters. The molecule has 2 aliphatic rings. The molecule has 2 heterocycles. The Morgan fingerprint density at radius 1 is 1.30 bits per heavy atom. The van der Waals surface area contributed by atoms with Crippen LogP contribution in [-0.4, -0.2) is 24.0 Å². The second-order valence-corrected chi connectivity index (χ2v) is 6.98. The topological polar surface area (TPSA) is 27.0 Å². The fourth-order valence-corrected chi connectivity index (χ4v) is 4.44. The minimum absolute atomic E-state index is 0.300. The van der Waals surface area contributed by atoms with E-state index in [2.05, 4.69) is 24.9 Å². The number of fused-ring (bicyclic) bond motifs is 2. The highest BCUT2D eigenvalue weighted by molar-refractivity contribution is 6.42. The zero-order chi connectivity index (χ0) is 14.5. The largest absolute Gasteiger partial charge is 0.300 e. The van der Waals surface area contributed by atoms with Gasteiger partial charge in [-0.25, -0.2) is 0 Å². The molecule has 0 spiro atoms. The molecule has 106 valence electrons. The number of hydrogen-bond donors (Lipinski definition) is 0. The smallest absolute Gasteiger partial charge is 0.0878 e. The lowest BCUT2D eigenvalue weighted by molar-refractivity contribution is 0.0796. The van der Waals surface area contributed by atoms with E-state index < -0.39 is 5.41 Å². The van der Waals surface area contributed by atoms with Crippen LogP contribution in [0.3, 0.4) is 0 Å². The molecule has 1 aromatic rings. The maximum absolute atomic E-state index is 9.93. The highest BCUT2D eigenvalue weighted by atomic mass is 35.5. The van der Waals surface area contributed by atoms with Gasteiger partial charge in [0.15, 0.2) is 0 Å². The van der Waals surface area contributed by atoms with Crippen LogP contribution in [0.4, 0.5) is 0 Å². The predicted molar refractivity (Wildman–Crippen MR) is 82.1 cm³/mol. The van der Waals surface area contributed by atoms with Crippen molar-refractivity contribution in [2.75, 3.05) is 7.05 Å². The number of hydrogen-bond acceptors (Lipinski definition) is 2. The van der Waals surface area contributed by atoms with Crippen molar-refractivity contribution in [3.63, 3.8) is 0 Å². The maximum Gasteiger partial charge on any atom is 0.0878 e. The van der Waals surface area contributed by atoms with E-state index in [1.54, 1.807) is 0 Å². The monoisotopic (exact) mass is 308 g/mol. The average molecular weight is 309 g/mol. The highest BCUT2D eigenvalue weighted by Crippen LogP contribution is 2.50. The number of benzene rings is 1. The van der Waals surface area contributed by atoms with Crippen molar-refractivity contribution in [1.29, 1.82) is 5.26 Å². The zero-order valence-corrected chi connectivity index (χ0v) is 13.2. The third kappa shape index (κ3) is 1.88. The van der Waals surface area contributed by atoms with E-state index in [4.69, 9.17) is 23.2 Å². The Morgan fingerprint density at radius 3 is 2.70 bits per heavy atom. The van der Waals surface area contributed by atoms with Gasteiger partial charge in [-0.3, -0.25) is 0 Å². The summed E-state index contributed by atoms with van der Waals surface area (Å²) in [6.45, 7) is 2.20. The van der Waals surface area contributed by atoms with Crippen molar-refractivity contribution in [3.05, 3.63) is 33.8 Å². The van der Waals surface area contributed by atoms with Gasteiger partial charge in [0.25, 0.3) is 0 Å². The van der Waals surface area contributed by atoms with Gasteiger partial charge in [-0.1, -0.05) is 36.2 Å². The summed E-state index contributed by atoms with van der Waals surface area (Å²) in [7, 11) is 2.19. The van der Waals surface area contributed by atoms with E-state index in [0.29, 0.717) is 28.0 Å². The Labute approximate surface area is 130 Å². The lowest BCUT2D eigenvalue weighted by atomic mass is 9.64. The molecule has 1 aromatic carbocycles. The molecule has 4 atom stereocenters. The lowest BCUT2D eigenvalue weighted by Gasteiger charge is -2.46. The maximum atomic E-state index is 9.93. The van der Waals surface area contributed by atoms with Gasteiger partial charge >= 0.3 is 0 Å². The molecule has 2 fully saturated rings. The minimum Gasteiger partial charge on any atom is -0.300 e. The minimum atomic E-state index is -0.438. The Bertz CT molecular complexity index is 580. The van der Waals surface area contributed by atoms with E-state index in [-0.39, 0.29) is 0 Å². The average Bonchev–Trinajstić information content (AvgIpc) is 2.70. The molecule has 0 N–H and O–H groups in total. The molecule has 0 amide bonds. The van der Waals surface area contributed by atoms with Crippen LogP contribution < -0.4 is 0 Å². The molecule has 0 aromatic heterocycles. The summed E-state index contributed by atoms with van der Waals surface area (Å²) in [5, 5.41) is 11.0. The van der Waals surface area contributed by atoms with Gasteiger partial charge in [-0.05, 0) is 49.9 Å². The van der Waals surface area contributed by atoms with Gasteiger partial charge in [-0.2, -0.15) is 5.26 Å². The lowest BCUT2D eigenvalue weighted by Crippen LogP contribution is -2.53. The number of nitriles is 1. The second-order valence-electron chi connectivity index (χ2n) is 6.17. The fraction of sp³-hybridized carbons (Fsp3) is 0.562. The SMILES string of the molecule is C[C@H]1[C@H]2CCC(C[C@@]1(C#N)c1ccc(Cl)c(Cl)c1)N2C. The zero-order valence-electron chi connectivity index (χ0n) is 11.7. The van der Waals surface area contributed by atoms with Crippen LogP contribution in [0.25, 0.3) is 0 Å². The van der Waals surface area contributed by atoms with Gasteiger partial charge in [-0.15, -0.1) is 0 Å². The van der Waals surface area contributed by atoms with Crippen LogP contribution in [0.5, 0.6) is 0 Å². The molecule has 0 aliphatic carbocycles. The quantitative estimate of drug-likeness (QED) is 0.775. The summed E-state index contributed by atoms with van der Waals surface area (Å²) in [4.78, 5) is 2.46. The van der Waals surface area contributed by atoms with Gasteiger partial charge in [0.05, 0.1) is 21.5 Å².